The van der Waals surface area contributed by atoms with Crippen LogP contribution in [0.2, 0.25) is 0 Å². The maximum absolute atomic E-state index is 4.85. The lowest BCUT2D eigenvalue weighted by molar-refractivity contribution is 0.863. The molecular formula is C43H42BN3. The molecule has 1 aliphatic heterocycles. The van der Waals surface area contributed by atoms with E-state index in [0.29, 0.717) is 11.8 Å². The first-order valence-corrected chi connectivity index (χ1v) is 16.8. The van der Waals surface area contributed by atoms with Crippen LogP contribution < -0.4 is 21.3 Å². The third-order valence-corrected chi connectivity index (χ3v) is 9.64. The number of anilines is 3. The molecule has 0 fully saturated rings. The van der Waals surface area contributed by atoms with Gasteiger partial charge in [-0.15, -0.1) is 0 Å². The number of pyridine rings is 2. The van der Waals surface area contributed by atoms with E-state index in [1.165, 1.54) is 61.3 Å². The topological polar surface area (TPSA) is 29.0 Å². The monoisotopic (exact) mass is 611 g/mol. The Hall–Kier alpha value is -4.96. The highest BCUT2D eigenvalue weighted by atomic mass is 15.2. The Morgan fingerprint density at radius 2 is 1.15 bits per heavy atom. The van der Waals surface area contributed by atoms with Gasteiger partial charge in [-0.1, -0.05) is 105 Å². The summed E-state index contributed by atoms with van der Waals surface area (Å²) in [7, 11) is 0. The predicted molar refractivity (Wildman–Crippen MR) is 201 cm³/mol. The summed E-state index contributed by atoms with van der Waals surface area (Å²) in [6, 6.07) is 38.2. The van der Waals surface area contributed by atoms with Crippen LogP contribution in [-0.4, -0.2) is 16.7 Å². The van der Waals surface area contributed by atoms with E-state index < -0.39 is 0 Å². The molecule has 0 saturated heterocycles. The molecule has 6 aromatic rings. The van der Waals surface area contributed by atoms with Gasteiger partial charge < -0.3 is 4.90 Å². The summed E-state index contributed by atoms with van der Waals surface area (Å²) < 4.78 is 0. The van der Waals surface area contributed by atoms with Crippen molar-refractivity contribution in [2.24, 2.45) is 0 Å². The van der Waals surface area contributed by atoms with Crippen LogP contribution in [0, 0.1) is 20.8 Å². The largest absolute Gasteiger partial charge is 0.311 e. The van der Waals surface area contributed by atoms with Crippen LogP contribution in [0.3, 0.4) is 0 Å². The zero-order chi connectivity index (χ0) is 32.8. The standard InChI is InChI=1S/C43H42BN3/c1-27(2)32-17-19-45-39(25-32)34-11-10-12-36(23-34)44-37-13-8-9-14-41(37)47(43-30(6)21-29(5)22-31(43)7)42-16-15-35(24-38(42)44)40-26-33(28(3)4)18-20-46-40/h8-28H,1-7H3. The SMILES string of the molecule is Cc1cc(C)c(N2c3ccccc3B(c3cccc(-c4cc(C(C)C)ccn4)c3)c3cc(-c4cc(C(C)C)ccn4)ccc32)c(C)c1. The van der Waals surface area contributed by atoms with E-state index in [0.717, 1.165) is 22.5 Å². The lowest BCUT2D eigenvalue weighted by atomic mass is 9.35. The van der Waals surface area contributed by atoms with E-state index in [1.54, 1.807) is 0 Å². The van der Waals surface area contributed by atoms with Gasteiger partial charge in [0.1, 0.15) is 0 Å². The van der Waals surface area contributed by atoms with Gasteiger partial charge in [-0.2, -0.15) is 0 Å². The molecular weight excluding hydrogens is 569 g/mol. The van der Waals surface area contributed by atoms with Crippen LogP contribution in [0.15, 0.2) is 116 Å². The smallest absolute Gasteiger partial charge is 0.246 e. The molecule has 7 rings (SSSR count). The lowest BCUT2D eigenvalue weighted by Crippen LogP contribution is -2.57. The van der Waals surface area contributed by atoms with Crippen molar-refractivity contribution in [3.05, 3.63) is 143 Å². The van der Waals surface area contributed by atoms with Crippen LogP contribution in [0.1, 0.15) is 67.3 Å². The Kier molecular flexibility index (Phi) is 8.05. The minimum Gasteiger partial charge on any atom is -0.311 e. The molecule has 3 nitrogen and oxygen atoms in total. The van der Waals surface area contributed by atoms with E-state index >= 15 is 0 Å². The van der Waals surface area contributed by atoms with Gasteiger partial charge in [0.05, 0.1) is 17.1 Å². The minimum atomic E-state index is 0.0324. The molecule has 0 saturated carbocycles. The average molecular weight is 612 g/mol. The second kappa shape index (κ2) is 12.3. The molecule has 1 aliphatic rings. The number of rotatable bonds is 6. The van der Waals surface area contributed by atoms with E-state index in [4.69, 9.17) is 9.97 Å². The fourth-order valence-electron chi connectivity index (χ4n) is 7.31. The fraction of sp³-hybridized carbons (Fsp3) is 0.209. The van der Waals surface area contributed by atoms with Crippen LogP contribution in [0.25, 0.3) is 22.5 Å². The predicted octanol–water partition coefficient (Wildman–Crippen LogP) is 9.28. The Bertz CT molecular complexity index is 2090. The first-order valence-electron chi connectivity index (χ1n) is 16.8. The first kappa shape index (κ1) is 30.7. The third kappa shape index (κ3) is 5.67. The zero-order valence-electron chi connectivity index (χ0n) is 28.5. The van der Waals surface area contributed by atoms with Crippen molar-refractivity contribution in [2.45, 2.75) is 60.3 Å². The van der Waals surface area contributed by atoms with E-state index in [2.05, 4.69) is 156 Å². The molecule has 0 N–H and O–H groups in total. The number of fused-ring (bicyclic) bond motifs is 2. The number of nitrogens with zero attached hydrogens (tertiary/aromatic N) is 3. The highest BCUT2D eigenvalue weighted by Crippen LogP contribution is 2.41. The van der Waals surface area contributed by atoms with Gasteiger partial charge in [-0.3, -0.25) is 9.97 Å². The Morgan fingerprint density at radius 1 is 0.553 bits per heavy atom. The van der Waals surface area contributed by atoms with Crippen LogP contribution >= 0.6 is 0 Å². The number of aryl methyl sites for hydroxylation is 3. The molecule has 4 aromatic carbocycles. The molecule has 3 heterocycles. The van der Waals surface area contributed by atoms with Gasteiger partial charge >= 0.3 is 0 Å². The molecule has 0 atom stereocenters. The number of aromatic nitrogens is 2. The molecule has 0 amide bonds. The van der Waals surface area contributed by atoms with Crippen molar-refractivity contribution < 1.29 is 0 Å². The van der Waals surface area contributed by atoms with Crippen LogP contribution in [0.4, 0.5) is 17.1 Å². The van der Waals surface area contributed by atoms with Crippen LogP contribution in [0.5, 0.6) is 0 Å². The summed E-state index contributed by atoms with van der Waals surface area (Å²) in [5.41, 5.74) is 18.2. The van der Waals surface area contributed by atoms with Gasteiger partial charge in [0.15, 0.2) is 0 Å². The normalized spacial score (nSPS) is 12.4. The number of hydrogen-bond donors (Lipinski definition) is 0. The first-order chi connectivity index (χ1) is 22.7. The maximum atomic E-state index is 4.85. The van der Waals surface area contributed by atoms with Crippen molar-refractivity contribution in [3.63, 3.8) is 0 Å². The minimum absolute atomic E-state index is 0.0324. The molecule has 0 bridgehead atoms. The Labute approximate surface area is 280 Å². The second-order valence-corrected chi connectivity index (χ2v) is 13.7. The highest BCUT2D eigenvalue weighted by molar-refractivity contribution is 6.98. The van der Waals surface area contributed by atoms with Gasteiger partial charge in [-0.25, -0.2) is 0 Å². The summed E-state index contributed by atoms with van der Waals surface area (Å²) in [6.07, 6.45) is 3.89. The third-order valence-electron chi connectivity index (χ3n) is 9.64. The van der Waals surface area contributed by atoms with Crippen molar-refractivity contribution in [2.75, 3.05) is 4.90 Å². The Morgan fingerprint density at radius 3 is 1.79 bits per heavy atom. The van der Waals surface area contributed by atoms with E-state index in [1.807, 2.05) is 12.4 Å². The lowest BCUT2D eigenvalue weighted by Gasteiger charge is -2.39. The molecule has 2 aromatic heterocycles. The van der Waals surface area contributed by atoms with Crippen LogP contribution in [-0.2, 0) is 0 Å². The summed E-state index contributed by atoms with van der Waals surface area (Å²) in [4.78, 5) is 12.1. The molecule has 0 radical (unpaired) electrons. The van der Waals surface area contributed by atoms with Crippen molar-refractivity contribution in [1.82, 2.24) is 9.97 Å². The summed E-state index contributed by atoms with van der Waals surface area (Å²) in [5.74, 6) is 0.875. The molecule has 0 spiro atoms. The molecule has 4 heteroatoms. The number of para-hydroxylation sites is 1. The average Bonchev–Trinajstić information content (AvgIpc) is 3.07. The van der Waals surface area contributed by atoms with Gasteiger partial charge in [0.2, 0.25) is 6.71 Å². The number of hydrogen-bond acceptors (Lipinski definition) is 3. The van der Waals surface area contributed by atoms with Gasteiger partial charge in [0.25, 0.3) is 0 Å². The zero-order valence-corrected chi connectivity index (χ0v) is 28.5. The Balaban J connectivity index is 1.47. The number of benzene rings is 4. The van der Waals surface area contributed by atoms with Crippen molar-refractivity contribution in [3.8, 4) is 22.5 Å². The van der Waals surface area contributed by atoms with Crippen molar-refractivity contribution >= 4 is 40.2 Å². The molecule has 0 unspecified atom stereocenters. The second-order valence-electron chi connectivity index (χ2n) is 13.7. The van der Waals surface area contributed by atoms with Gasteiger partial charge in [-0.05, 0) is 113 Å². The molecule has 47 heavy (non-hydrogen) atoms. The molecule has 0 aliphatic carbocycles. The van der Waals surface area contributed by atoms with E-state index in [-0.39, 0.29) is 6.71 Å². The summed E-state index contributed by atoms with van der Waals surface area (Å²) in [6.45, 7) is 15.6. The highest BCUT2D eigenvalue weighted by Gasteiger charge is 2.36. The van der Waals surface area contributed by atoms with E-state index in [9.17, 15) is 0 Å². The fourth-order valence-corrected chi connectivity index (χ4v) is 7.31. The quantitative estimate of drug-likeness (QED) is 0.176. The summed E-state index contributed by atoms with van der Waals surface area (Å²) in [5, 5.41) is 0. The van der Waals surface area contributed by atoms with Crippen molar-refractivity contribution in [1.29, 1.82) is 0 Å². The van der Waals surface area contributed by atoms with Gasteiger partial charge in [0, 0.05) is 23.8 Å². The molecule has 232 valence electrons. The maximum Gasteiger partial charge on any atom is 0.246 e. The summed E-state index contributed by atoms with van der Waals surface area (Å²) >= 11 is 0.